The van der Waals surface area contributed by atoms with Crippen LogP contribution in [0.5, 0.6) is 0 Å². The monoisotopic (exact) mass is 243 g/mol. The molecule has 1 heterocycles. The maximum absolute atomic E-state index is 12.1. The lowest BCUT2D eigenvalue weighted by Gasteiger charge is -2.27. The van der Waals surface area contributed by atoms with Crippen molar-refractivity contribution >= 4 is 23.6 Å². The van der Waals surface area contributed by atoms with E-state index in [0.29, 0.717) is 5.75 Å². The van der Waals surface area contributed by atoms with Crippen LogP contribution in [0, 0.1) is 5.92 Å². The van der Waals surface area contributed by atoms with Crippen molar-refractivity contribution in [2.45, 2.75) is 44.0 Å². The lowest BCUT2D eigenvalue weighted by molar-refractivity contribution is -0.149. The van der Waals surface area contributed by atoms with Crippen molar-refractivity contribution in [1.29, 1.82) is 0 Å². The summed E-state index contributed by atoms with van der Waals surface area (Å²) >= 11 is 1.61. The van der Waals surface area contributed by atoms with E-state index in [4.69, 9.17) is 5.11 Å². The molecular weight excluding hydrogens is 226 g/mol. The van der Waals surface area contributed by atoms with Gasteiger partial charge in [-0.15, -0.1) is 11.8 Å². The minimum absolute atomic E-state index is 0.0656. The van der Waals surface area contributed by atoms with Crippen molar-refractivity contribution in [1.82, 2.24) is 4.90 Å². The fourth-order valence-corrected chi connectivity index (χ4v) is 3.58. The Kier molecular flexibility index (Phi) is 3.42. The number of hydrogen-bond donors (Lipinski definition) is 1. The van der Waals surface area contributed by atoms with Gasteiger partial charge in [0.25, 0.3) is 0 Å². The fourth-order valence-electron chi connectivity index (χ4n) is 2.06. The number of thioether (sulfide) groups is 1. The summed E-state index contributed by atoms with van der Waals surface area (Å²) in [5.74, 6) is -0.144. The highest BCUT2D eigenvalue weighted by Gasteiger charge is 2.45. The molecule has 90 valence electrons. The maximum atomic E-state index is 12.1. The highest BCUT2D eigenvalue weighted by Crippen LogP contribution is 2.38. The van der Waals surface area contributed by atoms with Gasteiger partial charge in [-0.05, 0) is 19.3 Å². The van der Waals surface area contributed by atoms with Crippen molar-refractivity contribution in [3.63, 3.8) is 0 Å². The number of carbonyl (C=O) groups is 2. The van der Waals surface area contributed by atoms with Crippen LogP contribution in [0.15, 0.2) is 0 Å². The third kappa shape index (κ3) is 2.19. The second-order valence-corrected chi connectivity index (χ2v) is 5.66. The Morgan fingerprint density at radius 1 is 1.44 bits per heavy atom. The first kappa shape index (κ1) is 11.8. The number of hydrogen-bond acceptors (Lipinski definition) is 3. The molecule has 0 radical (unpaired) electrons. The molecule has 16 heavy (non-hydrogen) atoms. The molecule has 1 amide bonds. The molecule has 0 spiro atoms. The molecule has 1 saturated heterocycles. The summed E-state index contributed by atoms with van der Waals surface area (Å²) in [4.78, 5) is 24.8. The van der Waals surface area contributed by atoms with Crippen LogP contribution in [0.2, 0.25) is 0 Å². The Morgan fingerprint density at radius 2 is 2.12 bits per heavy atom. The van der Waals surface area contributed by atoms with Crippen LogP contribution in [-0.4, -0.2) is 39.1 Å². The van der Waals surface area contributed by atoms with Crippen LogP contribution >= 0.6 is 11.8 Å². The van der Waals surface area contributed by atoms with Crippen molar-refractivity contribution in [3.8, 4) is 0 Å². The summed E-state index contributed by atoms with van der Waals surface area (Å²) in [6.07, 6.45) is 3.75. The number of carboxylic acids is 1. The summed E-state index contributed by atoms with van der Waals surface area (Å²) in [6, 6.07) is -0.602. The minimum atomic E-state index is -0.861. The third-order valence-corrected chi connectivity index (χ3v) is 4.45. The molecule has 2 rings (SSSR count). The van der Waals surface area contributed by atoms with E-state index in [1.165, 1.54) is 0 Å². The molecule has 2 atom stereocenters. The predicted molar refractivity (Wildman–Crippen MR) is 62.1 cm³/mol. The Labute approximate surface area is 99.4 Å². The van der Waals surface area contributed by atoms with Crippen LogP contribution in [0.1, 0.15) is 32.6 Å². The molecule has 1 saturated carbocycles. The molecule has 1 N–H and O–H groups in total. The maximum Gasteiger partial charge on any atom is 0.327 e. The van der Waals surface area contributed by atoms with E-state index in [9.17, 15) is 9.59 Å². The standard InChI is InChI=1S/C11H17NO3S/c1-2-3-9-12(10(13)7-4-5-7)8(6-16-9)11(14)15/h7-9H,2-6H2,1H3,(H,14,15)/t8-,9+/m0/s1. The SMILES string of the molecule is CCC[C@H]1SC[C@@H](C(=O)O)N1C(=O)C1CC1. The van der Waals surface area contributed by atoms with E-state index >= 15 is 0 Å². The van der Waals surface area contributed by atoms with E-state index in [1.807, 2.05) is 0 Å². The van der Waals surface area contributed by atoms with Crippen molar-refractivity contribution in [3.05, 3.63) is 0 Å². The molecular formula is C11H17NO3S. The van der Waals surface area contributed by atoms with Crippen LogP contribution < -0.4 is 0 Å². The van der Waals surface area contributed by atoms with E-state index < -0.39 is 12.0 Å². The summed E-state index contributed by atoms with van der Waals surface area (Å²) in [5.41, 5.74) is 0. The zero-order chi connectivity index (χ0) is 11.7. The summed E-state index contributed by atoms with van der Waals surface area (Å²) in [5, 5.41) is 9.20. The lowest BCUT2D eigenvalue weighted by atomic mass is 10.2. The number of nitrogens with zero attached hydrogens (tertiary/aromatic N) is 1. The van der Waals surface area contributed by atoms with Crippen LogP contribution in [-0.2, 0) is 9.59 Å². The smallest absolute Gasteiger partial charge is 0.327 e. The van der Waals surface area contributed by atoms with Gasteiger partial charge >= 0.3 is 5.97 Å². The van der Waals surface area contributed by atoms with E-state index in [-0.39, 0.29) is 17.2 Å². The average molecular weight is 243 g/mol. The Bertz CT molecular complexity index is 304. The van der Waals surface area contributed by atoms with Crippen LogP contribution in [0.25, 0.3) is 0 Å². The Morgan fingerprint density at radius 3 is 2.62 bits per heavy atom. The van der Waals surface area contributed by atoms with Gasteiger partial charge in [-0.25, -0.2) is 4.79 Å². The molecule has 0 aromatic heterocycles. The van der Waals surface area contributed by atoms with E-state index in [1.54, 1.807) is 16.7 Å². The van der Waals surface area contributed by atoms with Gasteiger partial charge in [-0.3, -0.25) is 4.79 Å². The van der Waals surface area contributed by atoms with E-state index in [2.05, 4.69) is 6.92 Å². The van der Waals surface area contributed by atoms with Gasteiger partial charge in [0.05, 0.1) is 5.37 Å². The molecule has 2 fully saturated rings. The molecule has 2 aliphatic rings. The zero-order valence-electron chi connectivity index (χ0n) is 9.39. The van der Waals surface area contributed by atoms with Crippen LogP contribution in [0.4, 0.5) is 0 Å². The second-order valence-electron chi connectivity index (χ2n) is 4.45. The van der Waals surface area contributed by atoms with Gasteiger partial charge in [-0.1, -0.05) is 13.3 Å². The average Bonchev–Trinajstić information content (AvgIpc) is 2.99. The first-order valence-electron chi connectivity index (χ1n) is 5.81. The number of amides is 1. The predicted octanol–water partition coefficient (Wildman–Crippen LogP) is 1.55. The first-order chi connectivity index (χ1) is 7.65. The largest absolute Gasteiger partial charge is 0.480 e. The normalized spacial score (nSPS) is 29.4. The molecule has 1 aliphatic carbocycles. The van der Waals surface area contributed by atoms with Gasteiger partial charge in [0.2, 0.25) is 5.91 Å². The molecule has 0 aromatic rings. The van der Waals surface area contributed by atoms with Crippen molar-refractivity contribution in [2.75, 3.05) is 5.75 Å². The summed E-state index contributed by atoms with van der Waals surface area (Å²) in [7, 11) is 0. The summed E-state index contributed by atoms with van der Waals surface area (Å²) in [6.45, 7) is 2.06. The number of rotatable bonds is 4. The number of aliphatic carboxylic acids is 1. The Hall–Kier alpha value is -0.710. The molecule has 0 aromatic carbocycles. The number of carbonyl (C=O) groups excluding carboxylic acids is 1. The fraction of sp³-hybridized carbons (Fsp3) is 0.818. The minimum Gasteiger partial charge on any atom is -0.480 e. The highest BCUT2D eigenvalue weighted by molar-refractivity contribution is 8.00. The molecule has 4 nitrogen and oxygen atoms in total. The third-order valence-electron chi connectivity index (χ3n) is 3.09. The zero-order valence-corrected chi connectivity index (χ0v) is 10.2. The lowest BCUT2D eigenvalue weighted by Crippen LogP contribution is -2.46. The van der Waals surface area contributed by atoms with Gasteiger partial charge in [0.1, 0.15) is 6.04 Å². The first-order valence-corrected chi connectivity index (χ1v) is 6.86. The van der Waals surface area contributed by atoms with Gasteiger partial charge < -0.3 is 10.0 Å². The van der Waals surface area contributed by atoms with Crippen LogP contribution in [0.3, 0.4) is 0 Å². The molecule has 1 aliphatic heterocycles. The van der Waals surface area contributed by atoms with Gasteiger partial charge in [-0.2, -0.15) is 0 Å². The quantitative estimate of drug-likeness (QED) is 0.814. The topological polar surface area (TPSA) is 57.6 Å². The Balaban J connectivity index is 2.10. The summed E-state index contributed by atoms with van der Waals surface area (Å²) < 4.78 is 0. The number of carboxylic acid groups (broad SMARTS) is 1. The highest BCUT2D eigenvalue weighted by atomic mass is 32.2. The second kappa shape index (κ2) is 4.65. The van der Waals surface area contributed by atoms with Crippen molar-refractivity contribution < 1.29 is 14.7 Å². The molecule has 0 unspecified atom stereocenters. The van der Waals surface area contributed by atoms with Gasteiger partial charge in [0, 0.05) is 11.7 Å². The molecule has 0 bridgehead atoms. The van der Waals surface area contributed by atoms with Crippen molar-refractivity contribution in [2.24, 2.45) is 5.92 Å². The van der Waals surface area contributed by atoms with E-state index in [0.717, 1.165) is 25.7 Å². The molecule has 5 heteroatoms. The van der Waals surface area contributed by atoms with Gasteiger partial charge in [0.15, 0.2) is 0 Å².